The number of hydrogen-bond donors (Lipinski definition) is 1. The van der Waals surface area contributed by atoms with Gasteiger partial charge in [-0.15, -0.1) is 0 Å². The van der Waals surface area contributed by atoms with Gasteiger partial charge in [-0.05, 0) is 13.3 Å². The van der Waals surface area contributed by atoms with Gasteiger partial charge in [-0.25, -0.2) is 0 Å². The number of ether oxygens (including phenoxy) is 3. The third-order valence-corrected chi connectivity index (χ3v) is 5.30. The summed E-state index contributed by atoms with van der Waals surface area (Å²) in [5, 5.41) is 14.9. The minimum Gasteiger partial charge on any atom is -0.389 e. The minimum atomic E-state index is -0.561. The van der Waals surface area contributed by atoms with Crippen molar-refractivity contribution < 1.29 is 23.8 Å². The molecule has 172 valence electrons. The Kier molecular flexibility index (Phi) is 9.77. The third kappa shape index (κ3) is 7.02. The molecule has 1 saturated heterocycles. The van der Waals surface area contributed by atoms with Crippen molar-refractivity contribution in [3.8, 4) is 11.3 Å². The van der Waals surface area contributed by atoms with E-state index in [0.717, 1.165) is 48.8 Å². The Morgan fingerprint density at radius 2 is 2.00 bits per heavy atom. The van der Waals surface area contributed by atoms with E-state index < -0.39 is 6.10 Å². The van der Waals surface area contributed by atoms with Gasteiger partial charge in [0.2, 0.25) is 5.88 Å². The van der Waals surface area contributed by atoms with E-state index in [0.29, 0.717) is 46.1 Å². The van der Waals surface area contributed by atoms with E-state index in [9.17, 15) is 5.11 Å². The summed E-state index contributed by atoms with van der Waals surface area (Å²) in [5.74, 6) is 0.790. The lowest BCUT2D eigenvalue weighted by Gasteiger charge is -2.29. The zero-order valence-corrected chi connectivity index (χ0v) is 18.7. The molecule has 0 radical (unpaired) electrons. The molecule has 1 N–H and O–H groups in total. The first-order valence-corrected chi connectivity index (χ1v) is 11.1. The highest BCUT2D eigenvalue weighted by Gasteiger charge is 2.26. The van der Waals surface area contributed by atoms with Crippen LogP contribution in [0.25, 0.3) is 11.3 Å². The summed E-state index contributed by atoms with van der Waals surface area (Å²) < 4.78 is 22.0. The van der Waals surface area contributed by atoms with Crippen LogP contribution in [0.5, 0.6) is 0 Å². The van der Waals surface area contributed by atoms with E-state index in [1.54, 1.807) is 7.11 Å². The first kappa shape index (κ1) is 23.7. The van der Waals surface area contributed by atoms with Crippen LogP contribution in [0.4, 0.5) is 5.88 Å². The molecule has 1 fully saturated rings. The Bertz CT molecular complexity index is 749. The van der Waals surface area contributed by atoms with Crippen molar-refractivity contribution in [2.45, 2.75) is 26.0 Å². The van der Waals surface area contributed by atoms with Gasteiger partial charge in [0.25, 0.3) is 0 Å². The van der Waals surface area contributed by atoms with Crippen molar-refractivity contribution in [3.63, 3.8) is 0 Å². The molecule has 31 heavy (non-hydrogen) atoms. The molecule has 0 saturated carbocycles. The molecule has 8 heteroatoms. The van der Waals surface area contributed by atoms with E-state index in [4.69, 9.17) is 18.7 Å². The summed E-state index contributed by atoms with van der Waals surface area (Å²) in [6.45, 7) is 8.31. The van der Waals surface area contributed by atoms with E-state index in [1.165, 1.54) is 0 Å². The van der Waals surface area contributed by atoms with Gasteiger partial charge in [-0.1, -0.05) is 35.5 Å². The van der Waals surface area contributed by atoms with Gasteiger partial charge in [0, 0.05) is 58.6 Å². The van der Waals surface area contributed by atoms with Crippen LogP contribution in [0.1, 0.15) is 18.9 Å². The number of nitrogens with zero attached hydrogens (tertiary/aromatic N) is 3. The van der Waals surface area contributed by atoms with Crippen LogP contribution >= 0.6 is 0 Å². The van der Waals surface area contributed by atoms with E-state index in [1.807, 2.05) is 37.3 Å². The largest absolute Gasteiger partial charge is 0.389 e. The SMILES string of the molecule is CCOC[C@H](O)CN(CCCOC)Cc1c(-c2ccccc2)noc1N1CCOCC1. The molecule has 0 spiro atoms. The molecule has 3 rings (SSSR count). The maximum absolute atomic E-state index is 10.5. The summed E-state index contributed by atoms with van der Waals surface area (Å²) in [6, 6.07) is 10.1. The lowest BCUT2D eigenvalue weighted by molar-refractivity contribution is 0.0181. The Morgan fingerprint density at radius 3 is 2.71 bits per heavy atom. The number of anilines is 1. The second-order valence-electron chi connectivity index (χ2n) is 7.68. The molecular weight excluding hydrogens is 398 g/mol. The van der Waals surface area contributed by atoms with E-state index in [-0.39, 0.29) is 0 Å². The van der Waals surface area contributed by atoms with Crippen molar-refractivity contribution in [2.24, 2.45) is 0 Å². The summed E-state index contributed by atoms with van der Waals surface area (Å²) in [7, 11) is 1.71. The maximum Gasteiger partial charge on any atom is 0.232 e. The molecule has 1 aliphatic heterocycles. The number of aromatic nitrogens is 1. The molecule has 1 aromatic carbocycles. The van der Waals surface area contributed by atoms with E-state index >= 15 is 0 Å². The average molecular weight is 434 g/mol. The predicted molar refractivity (Wildman–Crippen MR) is 119 cm³/mol. The van der Waals surface area contributed by atoms with Gasteiger partial charge in [0.1, 0.15) is 5.69 Å². The monoisotopic (exact) mass is 433 g/mol. The van der Waals surface area contributed by atoms with Crippen molar-refractivity contribution in [1.82, 2.24) is 10.1 Å². The van der Waals surface area contributed by atoms with Crippen LogP contribution < -0.4 is 4.90 Å². The third-order valence-electron chi connectivity index (χ3n) is 5.30. The van der Waals surface area contributed by atoms with Crippen molar-refractivity contribution >= 4 is 5.88 Å². The molecule has 0 bridgehead atoms. The van der Waals surface area contributed by atoms with Crippen molar-refractivity contribution in [2.75, 3.05) is 71.2 Å². The molecule has 2 aromatic rings. The number of aliphatic hydroxyl groups excluding tert-OH is 1. The zero-order valence-electron chi connectivity index (χ0n) is 18.7. The Hall–Kier alpha value is -1.97. The van der Waals surface area contributed by atoms with Crippen molar-refractivity contribution in [3.05, 3.63) is 35.9 Å². The fourth-order valence-electron chi connectivity index (χ4n) is 3.78. The van der Waals surface area contributed by atoms with Crippen LogP contribution in [-0.2, 0) is 20.8 Å². The summed E-state index contributed by atoms with van der Waals surface area (Å²) in [5.41, 5.74) is 2.90. The molecule has 0 aliphatic carbocycles. The molecule has 1 aromatic heterocycles. The van der Waals surface area contributed by atoms with E-state index in [2.05, 4.69) is 15.0 Å². The second-order valence-corrected chi connectivity index (χ2v) is 7.68. The Labute approximate surface area is 184 Å². The fourth-order valence-corrected chi connectivity index (χ4v) is 3.78. The lowest BCUT2D eigenvalue weighted by atomic mass is 10.1. The van der Waals surface area contributed by atoms with Gasteiger partial charge in [-0.2, -0.15) is 0 Å². The highest BCUT2D eigenvalue weighted by Crippen LogP contribution is 2.33. The van der Waals surface area contributed by atoms with Gasteiger partial charge in [0.15, 0.2) is 0 Å². The zero-order chi connectivity index (χ0) is 21.9. The standard InChI is InChI=1S/C23H35N3O5/c1-3-29-18-20(27)16-25(10-7-13-28-2)17-21-22(19-8-5-4-6-9-19)24-31-23(21)26-11-14-30-15-12-26/h4-6,8-9,20,27H,3,7,10-18H2,1-2H3/t20-/m1/s1. The molecule has 0 amide bonds. The number of aliphatic hydroxyl groups is 1. The first-order chi connectivity index (χ1) is 15.2. The van der Waals surface area contributed by atoms with Crippen molar-refractivity contribution in [1.29, 1.82) is 0 Å². The van der Waals surface area contributed by atoms with Crippen LogP contribution in [0, 0.1) is 0 Å². The number of methoxy groups -OCH3 is 1. The fraction of sp³-hybridized carbons (Fsp3) is 0.609. The van der Waals surface area contributed by atoms with Gasteiger partial charge in [0.05, 0.1) is 31.5 Å². The lowest BCUT2D eigenvalue weighted by Crippen LogP contribution is -2.38. The second kappa shape index (κ2) is 12.8. The highest BCUT2D eigenvalue weighted by atomic mass is 16.5. The molecule has 8 nitrogen and oxygen atoms in total. The minimum absolute atomic E-state index is 0.322. The highest BCUT2D eigenvalue weighted by molar-refractivity contribution is 5.68. The number of morpholine rings is 1. The van der Waals surface area contributed by atoms with Crippen LogP contribution in [-0.4, -0.2) is 87.6 Å². The van der Waals surface area contributed by atoms with Crippen LogP contribution in [0.3, 0.4) is 0 Å². The molecule has 1 atom stereocenters. The molecular formula is C23H35N3O5. The smallest absolute Gasteiger partial charge is 0.232 e. The predicted octanol–water partition coefficient (Wildman–Crippen LogP) is 2.41. The average Bonchev–Trinajstić information content (AvgIpc) is 3.22. The topological polar surface area (TPSA) is 80.4 Å². The summed E-state index contributed by atoms with van der Waals surface area (Å²) in [6.07, 6.45) is 0.311. The van der Waals surface area contributed by atoms with Crippen LogP contribution in [0.15, 0.2) is 34.9 Å². The Morgan fingerprint density at radius 1 is 1.23 bits per heavy atom. The van der Waals surface area contributed by atoms with Gasteiger partial charge in [-0.3, -0.25) is 4.90 Å². The maximum atomic E-state index is 10.5. The normalized spacial score (nSPS) is 15.5. The number of benzene rings is 1. The van der Waals surface area contributed by atoms with Gasteiger partial charge >= 0.3 is 0 Å². The summed E-state index contributed by atoms with van der Waals surface area (Å²) in [4.78, 5) is 4.42. The summed E-state index contributed by atoms with van der Waals surface area (Å²) >= 11 is 0. The van der Waals surface area contributed by atoms with Gasteiger partial charge < -0.3 is 28.7 Å². The molecule has 1 aliphatic rings. The quantitative estimate of drug-likeness (QED) is 0.483. The first-order valence-electron chi connectivity index (χ1n) is 11.1. The Balaban J connectivity index is 1.85. The number of hydrogen-bond acceptors (Lipinski definition) is 8. The van der Waals surface area contributed by atoms with Crippen LogP contribution in [0.2, 0.25) is 0 Å². The molecule has 2 heterocycles. The molecule has 0 unspecified atom stereocenters. The number of rotatable bonds is 13.